The predicted molar refractivity (Wildman–Crippen MR) is 209 cm³/mol. The van der Waals surface area contributed by atoms with Gasteiger partial charge in [0.05, 0.1) is 17.4 Å². The normalized spacial score (nSPS) is 19.5. The summed E-state index contributed by atoms with van der Waals surface area (Å²) in [7, 11) is 3.74. The lowest BCUT2D eigenvalue weighted by atomic mass is 9.98. The predicted octanol–water partition coefficient (Wildman–Crippen LogP) is 7.09. The van der Waals surface area contributed by atoms with E-state index in [4.69, 9.17) is 20.2 Å². The molecule has 3 N–H and O–H groups in total. The molecule has 2 atom stereocenters. The topological polar surface area (TPSA) is 128 Å². The lowest BCUT2D eigenvalue weighted by Crippen LogP contribution is -2.50. The van der Waals surface area contributed by atoms with Gasteiger partial charge in [-0.1, -0.05) is 48.5 Å². The molecule has 0 aliphatic carbocycles. The molecule has 0 spiro atoms. The summed E-state index contributed by atoms with van der Waals surface area (Å²) in [5, 5.41) is 12.6. The summed E-state index contributed by atoms with van der Waals surface area (Å²) in [5.74, 6) is 0. The SMILES string of the molecule is C=N/C=C(\NC1CCN(C)N1C(=O)OC(C)(C)C)c1ccc(-c2ccc3cc(C(=C/N)/N=C/C4CCN(C)N4C(=O)OC(C)(C)C)ccc3c2)cc1. The fraction of sp³-hybridized carbons (Fsp3) is 0.400. The highest BCUT2D eigenvalue weighted by Crippen LogP contribution is 2.30. The fourth-order valence-electron chi connectivity index (χ4n) is 6.28. The quantitative estimate of drug-likeness (QED) is 0.238. The van der Waals surface area contributed by atoms with Crippen LogP contribution in [0, 0.1) is 0 Å². The number of hydrogen-bond donors (Lipinski definition) is 2. The van der Waals surface area contributed by atoms with E-state index in [2.05, 4.69) is 59.5 Å². The molecule has 52 heavy (non-hydrogen) atoms. The second-order valence-corrected chi connectivity index (χ2v) is 15.1. The van der Waals surface area contributed by atoms with Crippen LogP contribution in [0.3, 0.4) is 0 Å². The molecule has 3 aromatic rings. The number of aliphatic imine (C=N–C) groups is 2. The Morgan fingerprint density at radius 3 is 2.00 bits per heavy atom. The van der Waals surface area contributed by atoms with E-state index in [-0.39, 0.29) is 12.2 Å². The molecule has 5 rings (SSSR count). The maximum absolute atomic E-state index is 13.0. The van der Waals surface area contributed by atoms with E-state index in [1.165, 1.54) is 6.20 Å². The number of nitrogens with one attached hydrogen (secondary N) is 1. The fourth-order valence-corrected chi connectivity index (χ4v) is 6.28. The number of carbonyl (C=O) groups excluding carboxylic acids is 2. The van der Waals surface area contributed by atoms with Crippen LogP contribution in [-0.2, 0) is 9.47 Å². The summed E-state index contributed by atoms with van der Waals surface area (Å²) in [6.07, 6.45) is 5.30. The van der Waals surface area contributed by atoms with Crippen LogP contribution in [0.1, 0.15) is 65.5 Å². The molecule has 2 saturated heterocycles. The highest BCUT2D eigenvalue weighted by atomic mass is 16.6. The molecule has 0 bridgehead atoms. The highest BCUT2D eigenvalue weighted by Gasteiger charge is 2.37. The van der Waals surface area contributed by atoms with Gasteiger partial charge in [-0.2, -0.15) is 0 Å². The van der Waals surface area contributed by atoms with Crippen molar-refractivity contribution in [1.82, 2.24) is 25.4 Å². The molecule has 12 heteroatoms. The molecule has 3 aromatic carbocycles. The first-order valence-electron chi connectivity index (χ1n) is 17.6. The standard InChI is InChI=1S/C40H52N8O4/c1-39(2,3)51-37(49)47-33(18-20-45(47)8)25-43-34(24-41)32-17-16-30-22-29(14-15-31(30)23-32)27-10-12-28(13-11-27)35(26-42-7)44-36-19-21-46(9)48(36)38(50)52-40(4,5)6/h10-17,22-26,33,36,44H,7,18-21,41H2,1-6,8-9H3/b34-24-,35-26-,43-25+. The first-order valence-corrected chi connectivity index (χ1v) is 17.6. The Hall–Kier alpha value is -5.20. The van der Waals surface area contributed by atoms with E-state index in [1.807, 2.05) is 83.9 Å². The van der Waals surface area contributed by atoms with E-state index in [0.717, 1.165) is 51.6 Å². The van der Waals surface area contributed by atoms with E-state index in [1.54, 1.807) is 22.4 Å². The Labute approximate surface area is 307 Å². The van der Waals surface area contributed by atoms with Crippen molar-refractivity contribution >= 4 is 47.3 Å². The zero-order valence-electron chi connectivity index (χ0n) is 31.6. The first kappa shape index (κ1) is 38.0. The largest absolute Gasteiger partial charge is 0.443 e. The molecule has 12 nitrogen and oxygen atoms in total. The van der Waals surface area contributed by atoms with Crippen molar-refractivity contribution in [2.75, 3.05) is 27.2 Å². The highest BCUT2D eigenvalue weighted by molar-refractivity contribution is 5.91. The van der Waals surface area contributed by atoms with Gasteiger partial charge in [0.2, 0.25) is 0 Å². The number of ether oxygens (including phenoxy) is 2. The Kier molecular flexibility index (Phi) is 11.4. The molecule has 2 amide bonds. The number of benzene rings is 3. The van der Waals surface area contributed by atoms with Crippen molar-refractivity contribution in [3.63, 3.8) is 0 Å². The summed E-state index contributed by atoms with van der Waals surface area (Å²) in [6, 6.07) is 20.4. The Morgan fingerprint density at radius 2 is 1.37 bits per heavy atom. The second kappa shape index (κ2) is 15.6. The number of hydrazine groups is 2. The molecule has 2 unspecified atom stereocenters. The summed E-state index contributed by atoms with van der Waals surface area (Å²) < 4.78 is 11.3. The third-order valence-corrected chi connectivity index (χ3v) is 8.73. The molecule has 0 radical (unpaired) electrons. The molecular formula is C40H52N8O4. The van der Waals surface area contributed by atoms with Crippen molar-refractivity contribution in [2.45, 2.75) is 77.8 Å². The van der Waals surface area contributed by atoms with Crippen molar-refractivity contribution in [2.24, 2.45) is 15.7 Å². The minimum atomic E-state index is -0.604. The lowest BCUT2D eigenvalue weighted by molar-refractivity contribution is -0.0326. The molecule has 276 valence electrons. The number of rotatable bonds is 8. The van der Waals surface area contributed by atoms with Gasteiger partial charge in [0.1, 0.15) is 17.4 Å². The van der Waals surface area contributed by atoms with Gasteiger partial charge in [-0.3, -0.25) is 9.98 Å². The zero-order chi connectivity index (χ0) is 37.8. The Morgan fingerprint density at radius 1 is 0.808 bits per heavy atom. The van der Waals surface area contributed by atoms with Crippen molar-refractivity contribution in [1.29, 1.82) is 0 Å². The van der Waals surface area contributed by atoms with Crippen molar-refractivity contribution in [3.05, 3.63) is 84.2 Å². The lowest BCUT2D eigenvalue weighted by Gasteiger charge is -2.33. The first-order chi connectivity index (χ1) is 24.6. The average Bonchev–Trinajstić information content (AvgIpc) is 3.64. The van der Waals surface area contributed by atoms with E-state index < -0.39 is 23.4 Å². The molecular weight excluding hydrogens is 656 g/mol. The monoisotopic (exact) mass is 708 g/mol. The van der Waals surface area contributed by atoms with Gasteiger partial charge >= 0.3 is 12.2 Å². The Bertz CT molecular complexity index is 1870. The minimum absolute atomic E-state index is 0.240. The van der Waals surface area contributed by atoms with Gasteiger partial charge < -0.3 is 20.5 Å². The smallest absolute Gasteiger partial charge is 0.426 e. The van der Waals surface area contributed by atoms with Gasteiger partial charge in [0.15, 0.2) is 0 Å². The number of fused-ring (bicyclic) bond motifs is 1. The van der Waals surface area contributed by atoms with E-state index >= 15 is 0 Å². The van der Waals surface area contributed by atoms with Gasteiger partial charge in [-0.05, 0) is 94.3 Å². The van der Waals surface area contributed by atoms with Crippen LogP contribution >= 0.6 is 0 Å². The summed E-state index contributed by atoms with van der Waals surface area (Å²) in [6.45, 7) is 16.2. The third-order valence-electron chi connectivity index (χ3n) is 8.73. The van der Waals surface area contributed by atoms with Crippen LogP contribution in [0.4, 0.5) is 9.59 Å². The van der Waals surface area contributed by atoms with E-state index in [9.17, 15) is 9.59 Å². The molecule has 2 heterocycles. The molecule has 0 saturated carbocycles. The maximum atomic E-state index is 13.0. The van der Waals surface area contributed by atoms with Crippen LogP contribution in [0.2, 0.25) is 0 Å². The second-order valence-electron chi connectivity index (χ2n) is 15.1. The van der Waals surface area contributed by atoms with Gasteiger partial charge in [0.25, 0.3) is 0 Å². The molecule has 2 aliphatic heterocycles. The molecule has 2 aliphatic rings. The number of hydrogen-bond acceptors (Lipinski definition) is 10. The van der Waals surface area contributed by atoms with Gasteiger partial charge in [-0.15, -0.1) is 0 Å². The van der Waals surface area contributed by atoms with Crippen LogP contribution < -0.4 is 11.1 Å². The number of nitrogens with two attached hydrogens (primary N) is 1. The Balaban J connectivity index is 1.29. The average molecular weight is 709 g/mol. The summed E-state index contributed by atoms with van der Waals surface area (Å²) in [4.78, 5) is 34.6. The minimum Gasteiger partial charge on any atom is -0.443 e. The van der Waals surface area contributed by atoms with Gasteiger partial charge in [-0.25, -0.2) is 29.6 Å². The summed E-state index contributed by atoms with van der Waals surface area (Å²) in [5.41, 5.74) is 10.1. The number of nitrogens with zero attached hydrogens (tertiary/aromatic N) is 6. The van der Waals surface area contributed by atoms with Crippen LogP contribution in [-0.4, -0.2) is 95.7 Å². The van der Waals surface area contributed by atoms with E-state index in [0.29, 0.717) is 18.8 Å². The van der Waals surface area contributed by atoms with Crippen LogP contribution in [0.25, 0.3) is 33.3 Å². The molecule has 2 fully saturated rings. The number of amides is 2. The summed E-state index contributed by atoms with van der Waals surface area (Å²) >= 11 is 0. The van der Waals surface area contributed by atoms with Crippen molar-refractivity contribution in [3.8, 4) is 11.1 Å². The van der Waals surface area contributed by atoms with Crippen LogP contribution in [0.5, 0.6) is 0 Å². The molecule has 0 aromatic heterocycles. The third kappa shape index (κ3) is 9.17. The zero-order valence-corrected chi connectivity index (χ0v) is 31.6. The maximum Gasteiger partial charge on any atom is 0.426 e. The van der Waals surface area contributed by atoms with Crippen LogP contribution in [0.15, 0.2) is 83.0 Å². The number of carbonyl (C=O) groups is 2. The van der Waals surface area contributed by atoms with Gasteiger partial charge in [0, 0.05) is 57.8 Å². The van der Waals surface area contributed by atoms with Crippen molar-refractivity contribution < 1.29 is 19.1 Å².